The van der Waals surface area contributed by atoms with E-state index >= 15 is 0 Å². The molecule has 0 bridgehead atoms. The summed E-state index contributed by atoms with van der Waals surface area (Å²) >= 11 is 1.22. The number of aromatic nitrogens is 3. The van der Waals surface area contributed by atoms with E-state index in [1.807, 2.05) is 28.8 Å². The Bertz CT molecular complexity index is 839. The predicted molar refractivity (Wildman–Crippen MR) is 82.8 cm³/mol. The Morgan fingerprint density at radius 3 is 2.91 bits per heavy atom. The molecule has 0 aliphatic carbocycles. The first kappa shape index (κ1) is 14.2. The topological polar surface area (TPSA) is 88.4 Å². The lowest BCUT2D eigenvalue weighted by atomic mass is 10.4. The van der Waals surface area contributed by atoms with Crippen LogP contribution in [-0.4, -0.2) is 26.4 Å². The van der Waals surface area contributed by atoms with Crippen molar-refractivity contribution in [1.29, 1.82) is 0 Å². The quantitative estimate of drug-likeness (QED) is 0.766. The number of pyridine rings is 1. The van der Waals surface area contributed by atoms with Crippen molar-refractivity contribution in [2.24, 2.45) is 0 Å². The average Bonchev–Trinajstić information content (AvgIpc) is 3.11. The molecule has 0 saturated carbocycles. The summed E-state index contributed by atoms with van der Waals surface area (Å²) in [5, 5.41) is 14.2. The molecule has 0 saturated heterocycles. The highest BCUT2D eigenvalue weighted by atomic mass is 32.1. The lowest BCUT2D eigenvalue weighted by Gasteiger charge is -2.02. The minimum absolute atomic E-state index is 0.163. The van der Waals surface area contributed by atoms with Crippen molar-refractivity contribution >= 4 is 33.8 Å². The van der Waals surface area contributed by atoms with Crippen LogP contribution in [0.15, 0.2) is 36.5 Å². The zero-order valence-corrected chi connectivity index (χ0v) is 12.6. The summed E-state index contributed by atoms with van der Waals surface area (Å²) in [5.74, 6) is 0.278. The van der Waals surface area contributed by atoms with Gasteiger partial charge in [-0.2, -0.15) is 0 Å². The van der Waals surface area contributed by atoms with Gasteiger partial charge in [0, 0.05) is 13.1 Å². The Hall–Kier alpha value is -2.74. The van der Waals surface area contributed by atoms with Crippen LogP contribution < -0.4 is 10.6 Å². The lowest BCUT2D eigenvalue weighted by molar-refractivity contribution is -0.114. The summed E-state index contributed by atoms with van der Waals surface area (Å²) in [4.78, 5) is 23.6. The number of nitrogens with zero attached hydrogens (tertiary/aromatic N) is 3. The van der Waals surface area contributed by atoms with Gasteiger partial charge in [-0.15, -0.1) is 21.5 Å². The highest BCUT2D eigenvalue weighted by Crippen LogP contribution is 2.21. The summed E-state index contributed by atoms with van der Waals surface area (Å²) in [6.45, 7) is 1.70. The number of rotatable bonds is 4. The van der Waals surface area contributed by atoms with Crippen molar-refractivity contribution in [2.45, 2.75) is 13.5 Å². The zero-order valence-electron chi connectivity index (χ0n) is 11.7. The number of nitrogens with one attached hydrogen (secondary N) is 2. The Kier molecular flexibility index (Phi) is 3.84. The van der Waals surface area contributed by atoms with E-state index in [1.165, 1.54) is 18.3 Å². The second-order valence-electron chi connectivity index (χ2n) is 4.57. The molecule has 2 N–H and O–H groups in total. The van der Waals surface area contributed by atoms with Crippen molar-refractivity contribution in [1.82, 2.24) is 19.9 Å². The van der Waals surface area contributed by atoms with Gasteiger partial charge in [-0.25, -0.2) is 0 Å². The monoisotopic (exact) mass is 315 g/mol. The van der Waals surface area contributed by atoms with Gasteiger partial charge < -0.3 is 10.6 Å². The Balaban J connectivity index is 1.67. The third-order valence-corrected chi connectivity index (χ3v) is 3.92. The van der Waals surface area contributed by atoms with Crippen LogP contribution in [0.5, 0.6) is 0 Å². The SMILES string of the molecule is CC(=O)Nc1ccc(C(=O)NCc2nnc3ccccn23)s1. The molecule has 3 aromatic heterocycles. The Labute approximate surface area is 130 Å². The first-order valence-electron chi connectivity index (χ1n) is 6.58. The van der Waals surface area contributed by atoms with Crippen LogP contribution in [0.3, 0.4) is 0 Å². The Morgan fingerprint density at radius 2 is 2.09 bits per heavy atom. The number of carbonyl (C=O) groups is 2. The van der Waals surface area contributed by atoms with Crippen molar-refractivity contribution in [3.63, 3.8) is 0 Å². The van der Waals surface area contributed by atoms with Crippen LogP contribution in [0.4, 0.5) is 5.00 Å². The fourth-order valence-electron chi connectivity index (χ4n) is 1.96. The molecular weight excluding hydrogens is 302 g/mol. The van der Waals surface area contributed by atoms with E-state index in [0.717, 1.165) is 5.65 Å². The van der Waals surface area contributed by atoms with Gasteiger partial charge in [-0.3, -0.25) is 14.0 Å². The lowest BCUT2D eigenvalue weighted by Crippen LogP contribution is -2.23. The fraction of sp³-hybridized carbons (Fsp3) is 0.143. The molecule has 22 heavy (non-hydrogen) atoms. The van der Waals surface area contributed by atoms with Gasteiger partial charge in [-0.1, -0.05) is 6.07 Å². The maximum atomic E-state index is 12.1. The average molecular weight is 315 g/mol. The number of hydrogen-bond donors (Lipinski definition) is 2. The van der Waals surface area contributed by atoms with Crippen LogP contribution in [-0.2, 0) is 11.3 Å². The molecule has 0 unspecified atom stereocenters. The van der Waals surface area contributed by atoms with Crippen molar-refractivity contribution in [2.75, 3.05) is 5.32 Å². The first-order chi connectivity index (χ1) is 10.6. The molecule has 3 aromatic rings. The minimum Gasteiger partial charge on any atom is -0.344 e. The highest BCUT2D eigenvalue weighted by molar-refractivity contribution is 7.18. The van der Waals surface area contributed by atoms with E-state index in [4.69, 9.17) is 0 Å². The molecule has 0 radical (unpaired) electrons. The number of carbonyl (C=O) groups excluding carboxylic acids is 2. The van der Waals surface area contributed by atoms with Crippen molar-refractivity contribution in [3.8, 4) is 0 Å². The van der Waals surface area contributed by atoms with E-state index in [9.17, 15) is 9.59 Å². The molecule has 0 atom stereocenters. The van der Waals surface area contributed by atoms with Gasteiger partial charge in [-0.05, 0) is 24.3 Å². The second-order valence-corrected chi connectivity index (χ2v) is 5.66. The van der Waals surface area contributed by atoms with E-state index < -0.39 is 0 Å². The molecule has 7 nitrogen and oxygen atoms in total. The van der Waals surface area contributed by atoms with Crippen LogP contribution >= 0.6 is 11.3 Å². The molecule has 0 fully saturated rings. The van der Waals surface area contributed by atoms with Crippen molar-refractivity contribution < 1.29 is 9.59 Å². The Morgan fingerprint density at radius 1 is 1.23 bits per heavy atom. The summed E-state index contributed by atoms with van der Waals surface area (Å²) in [6.07, 6.45) is 1.84. The molecule has 2 amide bonds. The largest absolute Gasteiger partial charge is 0.344 e. The normalized spacial score (nSPS) is 10.6. The predicted octanol–water partition coefficient (Wildman–Crippen LogP) is 1.68. The van der Waals surface area contributed by atoms with Gasteiger partial charge in [0.1, 0.15) is 0 Å². The van der Waals surface area contributed by atoms with Gasteiger partial charge in [0.25, 0.3) is 5.91 Å². The van der Waals surface area contributed by atoms with Gasteiger partial charge in [0.05, 0.1) is 16.4 Å². The molecule has 0 aliphatic rings. The standard InChI is InChI=1S/C14H13N5O2S/c1-9(20)16-13-6-5-10(22-13)14(21)15-8-12-18-17-11-4-2-3-7-19(11)12/h2-7H,8H2,1H3,(H,15,21)(H,16,20). The zero-order chi connectivity index (χ0) is 15.5. The molecule has 0 spiro atoms. The fourth-order valence-corrected chi connectivity index (χ4v) is 2.83. The van der Waals surface area contributed by atoms with E-state index in [2.05, 4.69) is 20.8 Å². The first-order valence-corrected chi connectivity index (χ1v) is 7.39. The van der Waals surface area contributed by atoms with Crippen LogP contribution in [0.1, 0.15) is 22.4 Å². The molecule has 3 rings (SSSR count). The molecule has 112 valence electrons. The number of anilines is 1. The summed E-state index contributed by atoms with van der Waals surface area (Å²) in [6, 6.07) is 8.97. The van der Waals surface area contributed by atoms with Gasteiger partial charge >= 0.3 is 0 Å². The number of fused-ring (bicyclic) bond motifs is 1. The maximum absolute atomic E-state index is 12.1. The second kappa shape index (κ2) is 5.94. The summed E-state index contributed by atoms with van der Waals surface area (Å²) in [5.41, 5.74) is 0.732. The maximum Gasteiger partial charge on any atom is 0.261 e. The molecular formula is C14H13N5O2S. The number of thiophene rings is 1. The molecule has 3 heterocycles. The minimum atomic E-state index is -0.214. The summed E-state index contributed by atoms with van der Waals surface area (Å²) < 4.78 is 1.82. The van der Waals surface area contributed by atoms with Crippen LogP contribution in [0, 0.1) is 0 Å². The van der Waals surface area contributed by atoms with E-state index in [-0.39, 0.29) is 18.4 Å². The third kappa shape index (κ3) is 2.96. The highest BCUT2D eigenvalue weighted by Gasteiger charge is 2.11. The van der Waals surface area contributed by atoms with E-state index in [1.54, 1.807) is 12.1 Å². The third-order valence-electron chi connectivity index (χ3n) is 2.92. The van der Waals surface area contributed by atoms with E-state index in [0.29, 0.717) is 15.7 Å². The molecule has 0 aliphatic heterocycles. The van der Waals surface area contributed by atoms with Crippen LogP contribution in [0.2, 0.25) is 0 Å². The molecule has 8 heteroatoms. The van der Waals surface area contributed by atoms with Gasteiger partial charge in [0.15, 0.2) is 11.5 Å². The van der Waals surface area contributed by atoms with Crippen molar-refractivity contribution in [3.05, 3.63) is 47.2 Å². The summed E-state index contributed by atoms with van der Waals surface area (Å²) in [7, 11) is 0. The van der Waals surface area contributed by atoms with Gasteiger partial charge in [0.2, 0.25) is 5.91 Å². The number of amides is 2. The van der Waals surface area contributed by atoms with Crippen LogP contribution in [0.25, 0.3) is 5.65 Å². The molecule has 0 aromatic carbocycles. The smallest absolute Gasteiger partial charge is 0.261 e. The number of hydrogen-bond acceptors (Lipinski definition) is 5.